The predicted molar refractivity (Wildman–Crippen MR) is 20.8 cm³/mol. The average molecular weight is 105 g/mol. The molecule has 3 nitrogen and oxygen atoms in total. The van der Waals surface area contributed by atoms with Gasteiger partial charge in [-0.3, -0.25) is 0 Å². The van der Waals surface area contributed by atoms with Crippen LogP contribution >= 0.6 is 11.8 Å². The Hall–Kier alpha value is -0.640. The minimum Gasteiger partial charge on any atom is -0.389 e. The summed E-state index contributed by atoms with van der Waals surface area (Å²) in [5.74, 6) is 0. The third-order valence-electron chi connectivity index (χ3n) is 0.309. The first-order valence-electron chi connectivity index (χ1n) is 1.38. The topological polar surface area (TPSA) is 42.1 Å². The van der Waals surface area contributed by atoms with Gasteiger partial charge in [-0.05, 0) is 0 Å². The van der Waals surface area contributed by atoms with Gasteiger partial charge in [-0.1, -0.05) is 0 Å². The van der Waals surface area contributed by atoms with E-state index in [1.165, 1.54) is 12.5 Å². The maximum Gasteiger partial charge on any atom is 0.159 e. The Morgan fingerprint density at radius 3 is 2.67 bits per heavy atom. The van der Waals surface area contributed by atoms with Crippen LogP contribution in [0.25, 0.3) is 0 Å². The van der Waals surface area contributed by atoms with E-state index in [0.29, 0.717) is 0 Å². The number of aromatic nitrogens is 1. The molecule has 0 amide bonds. The van der Waals surface area contributed by atoms with Crippen LogP contribution in [-0.4, -0.2) is 4.55 Å². The van der Waals surface area contributed by atoms with Crippen molar-refractivity contribution in [3.05, 3.63) is 12.5 Å². The molecule has 1 rings (SSSR count). The van der Waals surface area contributed by atoms with Crippen LogP contribution in [0.15, 0.2) is 20.9 Å². The molecule has 0 radical (unpaired) electrons. The number of aromatic amines is 1. The predicted octanol–water partition coefficient (Wildman–Crippen LogP) is 1.39. The van der Waals surface area contributed by atoms with Gasteiger partial charge in [0.25, 0.3) is 0 Å². The maximum atomic E-state index is 4.57. The number of hydrogen-bond donors (Lipinski definition) is 1. The van der Waals surface area contributed by atoms with Gasteiger partial charge in [-0.15, -0.1) is 4.55 Å². The van der Waals surface area contributed by atoms with Crippen molar-refractivity contribution >= 4 is 11.8 Å². The van der Waals surface area contributed by atoms with Gasteiger partial charge in [-0.2, -0.15) is 0 Å². The Balaban J connectivity index is 3.00. The molecule has 1 heterocycles. The van der Waals surface area contributed by atoms with Crippen LogP contribution in [0.3, 0.4) is 0 Å². The molecule has 0 bridgehead atoms. The molecule has 0 aliphatic heterocycles. The molecule has 0 spiro atoms. The molecule has 0 aliphatic carbocycles. The minimum absolute atomic E-state index is 1.04. The highest BCUT2D eigenvalue weighted by atomic mass is 32.1. The molecule has 0 atom stereocenters. The summed E-state index contributed by atoms with van der Waals surface area (Å²) in [6, 6.07) is 0. The number of nitrogens with one attached hydrogen (secondary N) is 1. The first-order valence-corrected chi connectivity index (χ1v) is 2.12. The SMILES string of the molecule is c1cos[nH]o1. The third kappa shape index (κ3) is 0.651. The Bertz CT molecular complexity index is 83.5. The molecule has 1 N–H and O–H groups in total. The van der Waals surface area contributed by atoms with Gasteiger partial charge in [-0.25, -0.2) is 0 Å². The zero-order chi connectivity index (χ0) is 4.24. The monoisotopic (exact) mass is 105 g/mol. The van der Waals surface area contributed by atoms with Crippen LogP contribution in [0.1, 0.15) is 0 Å². The van der Waals surface area contributed by atoms with Gasteiger partial charge in [0.1, 0.15) is 6.26 Å². The van der Waals surface area contributed by atoms with Gasteiger partial charge in [0, 0.05) is 0 Å². The maximum absolute atomic E-state index is 4.57. The minimum atomic E-state index is 1.04. The quantitative estimate of drug-likeness (QED) is 0.541. The van der Waals surface area contributed by atoms with Crippen molar-refractivity contribution in [3.8, 4) is 0 Å². The summed E-state index contributed by atoms with van der Waals surface area (Å²) < 4.78 is 11.4. The van der Waals surface area contributed by atoms with Gasteiger partial charge >= 0.3 is 0 Å². The van der Waals surface area contributed by atoms with E-state index in [2.05, 4.69) is 12.9 Å². The second kappa shape index (κ2) is 1.71. The van der Waals surface area contributed by atoms with Crippen molar-refractivity contribution in [2.45, 2.75) is 0 Å². The Morgan fingerprint density at radius 1 is 1.50 bits per heavy atom. The fraction of sp³-hybridized carbons (Fsp3) is 0. The largest absolute Gasteiger partial charge is 0.389 e. The zero-order valence-electron chi connectivity index (χ0n) is 2.88. The lowest BCUT2D eigenvalue weighted by Crippen LogP contribution is -1.52. The summed E-state index contributed by atoms with van der Waals surface area (Å²) in [6.07, 6.45) is 2.86. The molecule has 0 saturated carbocycles. The molecule has 0 fully saturated rings. The Labute approximate surface area is 38.2 Å². The van der Waals surface area contributed by atoms with Gasteiger partial charge in [0.15, 0.2) is 18.1 Å². The van der Waals surface area contributed by atoms with Crippen LogP contribution in [-0.2, 0) is 0 Å². The summed E-state index contributed by atoms with van der Waals surface area (Å²) in [6.45, 7) is 0. The van der Waals surface area contributed by atoms with Crippen molar-refractivity contribution in [2.75, 3.05) is 0 Å². The van der Waals surface area contributed by atoms with Crippen LogP contribution < -0.4 is 0 Å². The van der Waals surface area contributed by atoms with Gasteiger partial charge in [0.2, 0.25) is 0 Å². The van der Waals surface area contributed by atoms with Crippen molar-refractivity contribution in [1.82, 2.24) is 4.55 Å². The average Bonchev–Trinajstić information content (AvgIpc) is 1.72. The number of H-pyrrole nitrogens is 1. The molecule has 34 valence electrons. The van der Waals surface area contributed by atoms with Crippen molar-refractivity contribution < 1.29 is 8.37 Å². The highest BCUT2D eigenvalue weighted by molar-refractivity contribution is 6.95. The fourth-order valence-electron chi connectivity index (χ4n) is 0.145. The Kier molecular flexibility index (Phi) is 1.01. The van der Waals surface area contributed by atoms with E-state index in [0.717, 1.165) is 11.8 Å². The molecule has 1 aromatic rings. The molecule has 0 aliphatic rings. The van der Waals surface area contributed by atoms with E-state index in [-0.39, 0.29) is 0 Å². The second-order valence-electron chi connectivity index (χ2n) is 0.653. The molecular weight excluding hydrogens is 102 g/mol. The van der Waals surface area contributed by atoms with Crippen molar-refractivity contribution in [1.29, 1.82) is 0 Å². The van der Waals surface area contributed by atoms with Crippen molar-refractivity contribution in [2.24, 2.45) is 0 Å². The molecule has 0 unspecified atom stereocenters. The van der Waals surface area contributed by atoms with Crippen LogP contribution in [0.5, 0.6) is 0 Å². The van der Waals surface area contributed by atoms with E-state index in [9.17, 15) is 0 Å². The van der Waals surface area contributed by atoms with E-state index in [1.54, 1.807) is 0 Å². The molecule has 6 heavy (non-hydrogen) atoms. The zero-order valence-corrected chi connectivity index (χ0v) is 3.70. The molecule has 4 heteroatoms. The van der Waals surface area contributed by atoms with Gasteiger partial charge < -0.3 is 8.37 Å². The van der Waals surface area contributed by atoms with E-state index >= 15 is 0 Å². The third-order valence-corrected chi connectivity index (χ3v) is 0.681. The lowest BCUT2D eigenvalue weighted by molar-refractivity contribution is 0.399. The normalized spacial score (nSPS) is 8.00. The lowest BCUT2D eigenvalue weighted by Gasteiger charge is -1.73. The highest BCUT2D eigenvalue weighted by Crippen LogP contribution is 1.83. The van der Waals surface area contributed by atoms with Crippen LogP contribution in [0.4, 0.5) is 0 Å². The number of hydrogen-bond acceptors (Lipinski definition) is 3. The van der Waals surface area contributed by atoms with Crippen LogP contribution in [0, 0.1) is 0 Å². The molecule has 0 aromatic carbocycles. The van der Waals surface area contributed by atoms with E-state index in [1.807, 2.05) is 0 Å². The first-order chi connectivity index (χ1) is 3.00. The van der Waals surface area contributed by atoms with E-state index < -0.39 is 0 Å². The molecular formula is C2H3NO2S. The lowest BCUT2D eigenvalue weighted by atomic mass is 11.1. The van der Waals surface area contributed by atoms with Crippen LogP contribution in [0.2, 0.25) is 0 Å². The second-order valence-corrected chi connectivity index (χ2v) is 1.18. The van der Waals surface area contributed by atoms with E-state index in [4.69, 9.17) is 0 Å². The number of rotatable bonds is 0. The summed E-state index contributed by atoms with van der Waals surface area (Å²) in [7, 11) is 0. The summed E-state index contributed by atoms with van der Waals surface area (Å²) in [5, 5.41) is 0. The summed E-state index contributed by atoms with van der Waals surface area (Å²) in [5.41, 5.74) is 0. The van der Waals surface area contributed by atoms with Crippen molar-refractivity contribution in [3.63, 3.8) is 0 Å². The fourth-order valence-corrected chi connectivity index (χ4v) is 0.380. The molecule has 1 aromatic heterocycles. The highest BCUT2D eigenvalue weighted by Gasteiger charge is 1.59. The van der Waals surface area contributed by atoms with Gasteiger partial charge in [0.05, 0.1) is 0 Å². The molecule has 0 saturated heterocycles. The Morgan fingerprint density at radius 2 is 2.50 bits per heavy atom. The smallest absolute Gasteiger partial charge is 0.159 e. The summed E-state index contributed by atoms with van der Waals surface area (Å²) in [4.78, 5) is 0. The summed E-state index contributed by atoms with van der Waals surface area (Å²) >= 11 is 1.04. The standard InChI is InChI=1S/C2H3NO2S/c1-2-5-6-3-4-1/h1-3H. The first kappa shape index (κ1) is 3.55.